The minimum Gasteiger partial charge on any atom is -0.493 e. The Morgan fingerprint density at radius 2 is 1.55 bits per heavy atom. The van der Waals surface area contributed by atoms with Crippen LogP contribution in [0.15, 0.2) is 119 Å². The van der Waals surface area contributed by atoms with Crippen molar-refractivity contribution in [3.8, 4) is 17.2 Å². The zero-order valence-electron chi connectivity index (χ0n) is 31.8. The first-order chi connectivity index (χ1) is 24.9. The Balaban J connectivity index is 0.000000581. The van der Waals surface area contributed by atoms with Crippen molar-refractivity contribution in [3.63, 3.8) is 0 Å². The molecule has 0 amide bonds. The fourth-order valence-corrected chi connectivity index (χ4v) is 5.76. The van der Waals surface area contributed by atoms with E-state index in [1.807, 2.05) is 39.0 Å². The highest BCUT2D eigenvalue weighted by Crippen LogP contribution is 2.33. The van der Waals surface area contributed by atoms with E-state index >= 15 is 0 Å². The van der Waals surface area contributed by atoms with Gasteiger partial charge < -0.3 is 19.5 Å². The summed E-state index contributed by atoms with van der Waals surface area (Å²) in [5.41, 5.74) is 7.31. The van der Waals surface area contributed by atoms with Gasteiger partial charge in [0.05, 0.1) is 6.61 Å². The molecule has 0 bridgehead atoms. The van der Waals surface area contributed by atoms with Crippen LogP contribution >= 0.6 is 0 Å². The Labute approximate surface area is 306 Å². The molecule has 6 nitrogen and oxygen atoms in total. The summed E-state index contributed by atoms with van der Waals surface area (Å²) < 4.78 is 16.9. The first-order valence-electron chi connectivity index (χ1n) is 18.5. The van der Waals surface area contributed by atoms with E-state index in [9.17, 15) is 0 Å². The SMILES string of the molecule is C/C=C\C=C(C)C.CC.CCCCN=C(N/C(C)=C/CN(Cc1ccc2c(c1)CCO2)Cc1ccc2c(c1)OCO2)c1ccc2ccccc2c1. The summed E-state index contributed by atoms with van der Waals surface area (Å²) >= 11 is 0. The summed E-state index contributed by atoms with van der Waals surface area (Å²) in [5, 5.41) is 6.09. The molecule has 6 rings (SSSR count). The first-order valence-corrected chi connectivity index (χ1v) is 18.5. The second-order valence-corrected chi connectivity index (χ2v) is 12.8. The molecule has 6 heteroatoms. The zero-order valence-corrected chi connectivity index (χ0v) is 31.8. The van der Waals surface area contributed by atoms with Crippen molar-refractivity contribution in [2.45, 2.75) is 80.8 Å². The van der Waals surface area contributed by atoms with Crippen molar-refractivity contribution in [2.24, 2.45) is 4.99 Å². The third-order valence-corrected chi connectivity index (χ3v) is 8.40. The van der Waals surface area contributed by atoms with Crippen LogP contribution in [0, 0.1) is 0 Å². The summed E-state index contributed by atoms with van der Waals surface area (Å²) in [7, 11) is 0. The lowest BCUT2D eigenvalue weighted by atomic mass is 10.1. The van der Waals surface area contributed by atoms with Crippen LogP contribution in [0.4, 0.5) is 0 Å². The van der Waals surface area contributed by atoms with Crippen LogP contribution in [0.2, 0.25) is 0 Å². The standard InChI is InChI=1S/C36H39N3O3.C7H12.C2H6/c1-3-4-17-37-36(32-12-11-29-7-5-6-8-30(29)22-32)38-26(2)15-18-39(23-27-9-13-33-31(20-27)16-19-40-33)24-28-10-14-34-35(21-28)42-25-41-34;1-4-5-6-7(2)3;1-2/h5-15,20-22H,3-4,16-19,23-25H2,1-2H3,(H,37,38);4-6H,1-3H3;1-2H3/b26-15+;5-4-;. The lowest BCUT2D eigenvalue weighted by Gasteiger charge is -2.22. The van der Waals surface area contributed by atoms with Crippen molar-refractivity contribution >= 4 is 16.6 Å². The molecule has 4 aromatic carbocycles. The third-order valence-electron chi connectivity index (χ3n) is 8.40. The summed E-state index contributed by atoms with van der Waals surface area (Å²) in [6.45, 7) is 18.8. The second-order valence-electron chi connectivity index (χ2n) is 12.8. The first kappa shape index (κ1) is 39.0. The number of fused-ring (bicyclic) bond motifs is 3. The lowest BCUT2D eigenvalue weighted by Crippen LogP contribution is -2.26. The van der Waals surface area contributed by atoms with Crippen LogP contribution in [0.25, 0.3) is 10.8 Å². The van der Waals surface area contributed by atoms with Gasteiger partial charge in [0.25, 0.3) is 0 Å². The number of hydrogen-bond acceptors (Lipinski definition) is 5. The fraction of sp³-hybridized carbons (Fsp3) is 0.356. The van der Waals surface area contributed by atoms with E-state index in [-0.39, 0.29) is 6.79 Å². The van der Waals surface area contributed by atoms with E-state index in [4.69, 9.17) is 19.2 Å². The quantitative estimate of drug-likeness (QED) is 0.0695. The van der Waals surface area contributed by atoms with Gasteiger partial charge in [0.15, 0.2) is 11.5 Å². The molecule has 0 aromatic heterocycles. The van der Waals surface area contributed by atoms with Crippen LogP contribution < -0.4 is 19.5 Å². The Bertz CT molecular complexity index is 1760. The molecule has 0 radical (unpaired) electrons. The molecule has 2 heterocycles. The van der Waals surface area contributed by atoms with Gasteiger partial charge in [-0.1, -0.05) is 112 Å². The maximum atomic E-state index is 5.74. The van der Waals surface area contributed by atoms with E-state index in [2.05, 4.69) is 123 Å². The van der Waals surface area contributed by atoms with E-state index in [0.29, 0.717) is 0 Å². The predicted molar refractivity (Wildman–Crippen MR) is 215 cm³/mol. The van der Waals surface area contributed by atoms with Crippen LogP contribution in [-0.2, 0) is 19.5 Å². The highest BCUT2D eigenvalue weighted by molar-refractivity contribution is 6.02. The molecule has 0 aliphatic carbocycles. The smallest absolute Gasteiger partial charge is 0.231 e. The van der Waals surface area contributed by atoms with Crippen LogP contribution in [0.3, 0.4) is 0 Å². The van der Waals surface area contributed by atoms with Crippen LogP contribution in [-0.4, -0.2) is 37.2 Å². The van der Waals surface area contributed by atoms with E-state index in [1.54, 1.807) is 0 Å². The van der Waals surface area contributed by atoms with Gasteiger partial charge >= 0.3 is 0 Å². The molecular formula is C45H57N3O3. The molecule has 2 aliphatic rings. The number of aliphatic imine (C=N–C) groups is 1. The van der Waals surface area contributed by atoms with Crippen molar-refractivity contribution in [1.82, 2.24) is 10.2 Å². The minimum absolute atomic E-state index is 0.284. The Morgan fingerprint density at radius 1 is 0.824 bits per heavy atom. The van der Waals surface area contributed by atoms with Gasteiger partial charge in [0, 0.05) is 43.9 Å². The van der Waals surface area contributed by atoms with Gasteiger partial charge in [0.2, 0.25) is 6.79 Å². The molecule has 1 N–H and O–H groups in total. The number of rotatable bonds is 12. The molecule has 0 saturated heterocycles. The largest absolute Gasteiger partial charge is 0.493 e. The zero-order chi connectivity index (χ0) is 36.4. The predicted octanol–water partition coefficient (Wildman–Crippen LogP) is 10.8. The molecular weight excluding hydrogens is 631 g/mol. The molecule has 2 aliphatic heterocycles. The summed E-state index contributed by atoms with van der Waals surface area (Å²) in [6, 6.07) is 27.9. The van der Waals surface area contributed by atoms with E-state index < -0.39 is 0 Å². The highest BCUT2D eigenvalue weighted by Gasteiger charge is 2.17. The normalized spacial score (nSPS) is 13.3. The van der Waals surface area contributed by atoms with Crippen LogP contribution in [0.5, 0.6) is 17.2 Å². The molecule has 270 valence electrons. The highest BCUT2D eigenvalue weighted by atomic mass is 16.7. The number of amidine groups is 1. The number of ether oxygens (including phenoxy) is 3. The van der Waals surface area contributed by atoms with Crippen molar-refractivity contribution in [3.05, 3.63) is 137 Å². The van der Waals surface area contributed by atoms with Gasteiger partial charge in [-0.15, -0.1) is 0 Å². The fourth-order valence-electron chi connectivity index (χ4n) is 5.76. The molecule has 51 heavy (non-hydrogen) atoms. The number of hydrogen-bond donors (Lipinski definition) is 1. The second kappa shape index (κ2) is 20.8. The Kier molecular flexibility index (Phi) is 15.9. The number of nitrogens with one attached hydrogen (secondary N) is 1. The van der Waals surface area contributed by atoms with Gasteiger partial charge in [-0.05, 0) is 85.8 Å². The number of nitrogens with zero attached hydrogens (tertiary/aromatic N) is 2. The molecule has 0 unspecified atom stereocenters. The van der Waals surface area contributed by atoms with Gasteiger partial charge in [-0.3, -0.25) is 9.89 Å². The molecule has 0 atom stereocenters. The van der Waals surface area contributed by atoms with Crippen molar-refractivity contribution in [2.75, 3.05) is 26.5 Å². The minimum atomic E-state index is 0.284. The Morgan fingerprint density at radius 3 is 2.27 bits per heavy atom. The maximum Gasteiger partial charge on any atom is 0.231 e. The molecule has 0 spiro atoms. The third kappa shape index (κ3) is 12.2. The summed E-state index contributed by atoms with van der Waals surface area (Å²) in [6.07, 6.45) is 11.6. The van der Waals surface area contributed by atoms with E-state index in [0.717, 1.165) is 86.4 Å². The average Bonchev–Trinajstić information content (AvgIpc) is 3.83. The monoisotopic (exact) mass is 687 g/mol. The summed E-state index contributed by atoms with van der Waals surface area (Å²) in [5.74, 6) is 3.57. The van der Waals surface area contributed by atoms with Gasteiger partial charge in [-0.25, -0.2) is 0 Å². The summed E-state index contributed by atoms with van der Waals surface area (Å²) in [4.78, 5) is 7.42. The number of benzene rings is 4. The topological polar surface area (TPSA) is 55.3 Å². The molecule has 0 saturated carbocycles. The molecule has 0 fully saturated rings. The number of unbranched alkanes of at least 4 members (excludes halogenated alkanes) is 1. The Hall–Kier alpha value is -4.81. The lowest BCUT2D eigenvalue weighted by molar-refractivity contribution is 0.174. The van der Waals surface area contributed by atoms with Crippen molar-refractivity contribution < 1.29 is 14.2 Å². The van der Waals surface area contributed by atoms with Gasteiger partial charge in [-0.2, -0.15) is 0 Å². The number of allylic oxidation sites excluding steroid dienone is 5. The maximum absolute atomic E-state index is 5.74. The van der Waals surface area contributed by atoms with E-state index in [1.165, 1.54) is 33.0 Å². The average molecular weight is 688 g/mol. The van der Waals surface area contributed by atoms with Crippen molar-refractivity contribution in [1.29, 1.82) is 0 Å². The van der Waals surface area contributed by atoms with Crippen LogP contribution in [0.1, 0.15) is 83.6 Å². The molecule has 4 aromatic rings. The van der Waals surface area contributed by atoms with Gasteiger partial charge in [0.1, 0.15) is 11.6 Å².